The molecule has 10 heterocycles. The quantitative estimate of drug-likeness (QED) is 0.0725. The van der Waals surface area contributed by atoms with Gasteiger partial charge in [0.1, 0.15) is 30.0 Å². The first kappa shape index (κ1) is 111. The molecule has 1 unspecified atom stereocenters. The zero-order valence-corrected chi connectivity index (χ0v) is 93.1. The van der Waals surface area contributed by atoms with Crippen molar-refractivity contribution in [2.45, 2.75) is 273 Å². The van der Waals surface area contributed by atoms with E-state index in [0.717, 1.165) is 112 Å². The first-order valence-corrected chi connectivity index (χ1v) is 52.1. The molecule has 17 rings (SSSR count). The number of hydrogen-bond acceptors (Lipinski definition) is 16. The summed E-state index contributed by atoms with van der Waals surface area (Å²) in [7, 11) is 1.84. The number of nitrogens with one attached hydrogen (secondary N) is 3. The van der Waals surface area contributed by atoms with Gasteiger partial charge in [-0.05, 0) is 338 Å². The minimum Gasteiger partial charge on any atom is -0.445 e. The van der Waals surface area contributed by atoms with E-state index >= 15 is 0 Å². The summed E-state index contributed by atoms with van der Waals surface area (Å²) in [6, 6.07) is 64.5. The van der Waals surface area contributed by atoms with Crippen LogP contribution in [-0.4, -0.2) is 187 Å². The molecule has 5 amide bonds. The molecule has 10 aliphatic rings. The minimum absolute atomic E-state index is 0. The van der Waals surface area contributed by atoms with Gasteiger partial charge in [0, 0.05) is 122 Å². The van der Waals surface area contributed by atoms with E-state index in [9.17, 15) is 24.0 Å². The van der Waals surface area contributed by atoms with Crippen molar-refractivity contribution in [2.75, 3.05) is 92.1 Å². The largest absolute Gasteiger partial charge is 0.492 e. The summed E-state index contributed by atoms with van der Waals surface area (Å²) in [4.78, 5) is 73.9. The molecular weight excluding hydrogens is 2000 g/mol. The van der Waals surface area contributed by atoms with E-state index in [4.69, 9.17) is 33.0 Å². The number of carbonyl (C=O) groups excluding carboxylic acids is 5. The van der Waals surface area contributed by atoms with Crippen LogP contribution in [0.15, 0.2) is 215 Å². The predicted octanol–water partition coefficient (Wildman–Crippen LogP) is 25.8. The molecule has 0 aliphatic carbocycles. The van der Waals surface area contributed by atoms with E-state index < -0.39 is 16.8 Å². The number of nitrogens with zero attached hydrogens (tertiary/aromatic N) is 6. The van der Waals surface area contributed by atoms with Crippen molar-refractivity contribution < 1.29 is 92.6 Å². The van der Waals surface area contributed by atoms with Crippen LogP contribution in [0, 0.1) is 65.2 Å². The Morgan fingerprint density at radius 1 is 0.396 bits per heavy atom. The van der Waals surface area contributed by atoms with Gasteiger partial charge in [-0.25, -0.2) is 24.0 Å². The number of ether oxygens (including phenoxy) is 5. The molecule has 0 aromatic heterocycles. The number of piperidine rings is 5. The fraction of sp³-hybridized carbons (Fsp3) is 0.535. The SMILES string of the molecule is CC(C)(C)OC(=O)N1CC=C(B2OC(C)(C)C(C)(C)O2)C1.C[C@H]1CC[C@H](c2cccc(Br)c2)N(C(=O)OCc2ccccc2)C1.C[C@H]1CC[C@H](c2cccc(Br)c2)NC1.C[C@H]1CC[C@H](c2cccc(C3=CCN(C(=O)OC(C)(C)C)C3)c2)N(C(=O)OCc2ccccc2)C1.C[C@H]1CC[C@H](c2cccc(C3=CCN(C(=O)OC(C)(C)C)C3)c2)NC1.C[C@H]1CC[C@H](c2cccc(C3CCN(C)C3)c2)NC1.[La]. The van der Waals surface area contributed by atoms with Crippen LogP contribution in [0.3, 0.4) is 0 Å². The Bertz CT molecular complexity index is 5220. The number of halogens is 2. The molecular formula is C114H156BBr2LaN9O12. The smallest absolute Gasteiger partial charge is 0.445 e. The second kappa shape index (κ2) is 51.5. The van der Waals surface area contributed by atoms with Crippen molar-refractivity contribution in [1.29, 1.82) is 0 Å². The summed E-state index contributed by atoms with van der Waals surface area (Å²) < 4.78 is 41.9. The average molecular weight is 2150 g/mol. The molecule has 0 saturated carbocycles. The molecule has 0 bridgehead atoms. The van der Waals surface area contributed by atoms with E-state index in [1.54, 1.807) is 20.3 Å². The van der Waals surface area contributed by atoms with Crippen LogP contribution in [0.1, 0.15) is 287 Å². The van der Waals surface area contributed by atoms with E-state index in [1.165, 1.54) is 96.9 Å². The summed E-state index contributed by atoms with van der Waals surface area (Å²) in [5.41, 5.74) is 13.4. The van der Waals surface area contributed by atoms with Crippen molar-refractivity contribution >= 4 is 80.6 Å². The molecule has 749 valence electrons. The third-order valence-corrected chi connectivity index (χ3v) is 28.7. The number of amides is 5. The van der Waals surface area contributed by atoms with Crippen molar-refractivity contribution in [2.24, 2.45) is 29.6 Å². The van der Waals surface area contributed by atoms with Crippen molar-refractivity contribution in [3.05, 3.63) is 270 Å². The van der Waals surface area contributed by atoms with Gasteiger partial charge in [0.15, 0.2) is 0 Å². The topological polar surface area (TPSA) is 205 Å². The second-order valence-electron chi connectivity index (χ2n) is 43.9. The van der Waals surface area contributed by atoms with E-state index in [0.29, 0.717) is 82.4 Å². The third-order valence-electron chi connectivity index (χ3n) is 27.8. The van der Waals surface area contributed by atoms with Gasteiger partial charge >= 0.3 is 37.6 Å². The normalized spacial score (nSPS) is 23.9. The summed E-state index contributed by atoms with van der Waals surface area (Å²) in [6.07, 6.45) is 17.9. The summed E-state index contributed by atoms with van der Waals surface area (Å²) in [5.74, 6) is 4.10. The van der Waals surface area contributed by atoms with Crippen LogP contribution < -0.4 is 16.0 Å². The maximum absolute atomic E-state index is 13.1. The van der Waals surface area contributed by atoms with Gasteiger partial charge in [-0.15, -0.1) is 0 Å². The summed E-state index contributed by atoms with van der Waals surface area (Å²) >= 11 is 7.04. The Hall–Kier alpha value is -7.91. The maximum Gasteiger partial charge on any atom is 0.492 e. The van der Waals surface area contributed by atoms with Crippen LogP contribution in [0.25, 0.3) is 11.1 Å². The number of benzene rings is 7. The fourth-order valence-electron chi connectivity index (χ4n) is 19.1. The van der Waals surface area contributed by atoms with Crippen LogP contribution in [0.5, 0.6) is 0 Å². The van der Waals surface area contributed by atoms with Gasteiger partial charge in [0.05, 0.1) is 23.3 Å². The van der Waals surface area contributed by atoms with Crippen molar-refractivity contribution in [3.63, 3.8) is 0 Å². The molecule has 1 radical (unpaired) electrons. The third kappa shape index (κ3) is 34.1. The van der Waals surface area contributed by atoms with Gasteiger partial charge in [0.2, 0.25) is 0 Å². The Morgan fingerprint density at radius 2 is 0.748 bits per heavy atom. The number of carbonyl (C=O) groups is 5. The minimum atomic E-state index is -0.517. The van der Waals surface area contributed by atoms with Gasteiger partial charge in [-0.3, -0.25) is 0 Å². The number of rotatable bonds is 13. The Balaban J connectivity index is 0.000000163. The van der Waals surface area contributed by atoms with E-state index in [-0.39, 0.29) is 103 Å². The number of likely N-dealkylation sites (tertiary alicyclic amines) is 3. The van der Waals surface area contributed by atoms with Crippen LogP contribution >= 0.6 is 31.9 Å². The first-order chi connectivity index (χ1) is 65.5. The Morgan fingerprint density at radius 3 is 1.14 bits per heavy atom. The van der Waals surface area contributed by atoms with Crippen molar-refractivity contribution in [3.8, 4) is 0 Å². The first-order valence-electron chi connectivity index (χ1n) is 50.5. The monoisotopic (exact) mass is 2150 g/mol. The van der Waals surface area contributed by atoms with Crippen molar-refractivity contribution in [1.82, 2.24) is 45.3 Å². The van der Waals surface area contributed by atoms with Gasteiger partial charge in [-0.2, -0.15) is 0 Å². The van der Waals surface area contributed by atoms with Crippen LogP contribution in [0.4, 0.5) is 24.0 Å². The van der Waals surface area contributed by atoms with Crippen LogP contribution in [-0.2, 0) is 46.2 Å². The van der Waals surface area contributed by atoms with Gasteiger partial charge in [0.25, 0.3) is 0 Å². The molecule has 11 atom stereocenters. The number of hydrogen-bond donors (Lipinski definition) is 3. The molecule has 7 saturated heterocycles. The molecule has 3 N–H and O–H groups in total. The molecule has 7 aromatic carbocycles. The van der Waals surface area contributed by atoms with Crippen LogP contribution in [0.2, 0.25) is 0 Å². The predicted molar refractivity (Wildman–Crippen MR) is 562 cm³/mol. The number of likely N-dealkylation sites (N-methyl/N-ethyl adjacent to an activating group) is 1. The fourth-order valence-corrected chi connectivity index (χ4v) is 19.9. The average Bonchev–Trinajstić information content (AvgIpc) is 1.62. The van der Waals surface area contributed by atoms with E-state index in [1.807, 2.05) is 185 Å². The molecule has 25 heteroatoms. The van der Waals surface area contributed by atoms with Gasteiger partial charge in [-0.1, -0.05) is 230 Å². The molecule has 7 aromatic rings. The maximum atomic E-state index is 13.1. The molecule has 7 fully saturated rings. The standard InChI is InChI=1S/C29H36N2O4.C21H30N2O2.C20H22BrNO2.C17H26N2.C15H26BNO4.C12H16BrN.La/c1-21-13-14-26(31(18-21)28(33)34-20-22-9-6-5-7-10-22)24-12-8-11-23(17-24)25-15-16-30(19-25)27(32)35-29(2,3)4;1-15-8-9-19(22-13-15)17-7-5-6-16(12-17)18-10-11-23(14-18)20(24)25-21(2,3)4;1-15-10-11-19(17-8-5-9-18(21)12-17)22(13-15)20(23)24-14-16-6-3-2-4-7-16;1-13-6-7-17(18-11-13)15-5-3-4-14(10-15)16-8-9-19(2)12-16;1-13(2,3)19-12(18)17-9-8-11(10-17)16-20-14(4,5)15(6,7)21-16;1-9-5-6-12(14-8-9)10-3-2-4-11(13)7-10;/h5-12,15,17,21,26H,13-14,16,18-20H2,1-4H3;5-7,10,12,15,19,22H,8-9,11,13-14H2,1-4H3;2-9,12,15,19H,10-11,13-14H2,1H3;3-5,10,13,16-18H,6-9,11-12H2,1-2H3;8H,9-10H2,1-7H3;2-4,7,9,12,14H,5-6,8H2,1H3;/t21-,26+;2*15-,19+;13-,16?,17+;;9-,12+;/m0000.0./s1. The molecule has 0 spiro atoms. The zero-order valence-electron chi connectivity index (χ0n) is 86.3. The molecule has 10 aliphatic heterocycles. The molecule has 21 nitrogen and oxygen atoms in total. The Labute approximate surface area is 875 Å². The second-order valence-corrected chi connectivity index (χ2v) is 45.7. The Kier molecular flexibility index (Phi) is 41.3. The summed E-state index contributed by atoms with van der Waals surface area (Å²) in [6.45, 7) is 47.5. The molecule has 139 heavy (non-hydrogen) atoms. The summed E-state index contributed by atoms with van der Waals surface area (Å²) in [5, 5.41) is 10.9. The van der Waals surface area contributed by atoms with E-state index in [2.05, 4.69) is 210 Å². The van der Waals surface area contributed by atoms with Gasteiger partial charge < -0.3 is 78.3 Å². The zero-order chi connectivity index (χ0) is 99.2.